The van der Waals surface area contributed by atoms with Crippen LogP contribution in [-0.4, -0.2) is 171 Å². The van der Waals surface area contributed by atoms with Gasteiger partial charge in [0.2, 0.25) is 11.7 Å². The number of methoxy groups -OCH3 is 1. The summed E-state index contributed by atoms with van der Waals surface area (Å²) in [5.41, 5.74) is 14.4. The second kappa shape index (κ2) is 44.9. The fraction of sp³-hybridized carbons (Fsp3) is 0.388. The Labute approximate surface area is 840 Å². The maximum absolute atomic E-state index is 14.2. The summed E-state index contributed by atoms with van der Waals surface area (Å²) in [5, 5.41) is -0.938. The molecule has 4 saturated heterocycles. The van der Waals surface area contributed by atoms with Gasteiger partial charge in [-0.2, -0.15) is 34.6 Å². The highest BCUT2D eigenvalue weighted by Gasteiger charge is 2.45. The average molecular weight is 2050 g/mol. The second-order valence-electron chi connectivity index (χ2n) is 39.0. The van der Waals surface area contributed by atoms with Crippen molar-refractivity contribution in [3.63, 3.8) is 0 Å². The van der Waals surface area contributed by atoms with E-state index in [9.17, 15) is 66.4 Å². The Bertz CT molecular complexity index is 7160. The zero-order valence-electron chi connectivity index (χ0n) is 84.0. The van der Waals surface area contributed by atoms with E-state index in [0.717, 1.165) is 111 Å². The third-order valence-electron chi connectivity index (χ3n) is 25.2. The number of nitrogen functional groups attached to an aromatic ring is 2. The summed E-state index contributed by atoms with van der Waals surface area (Å²) in [6.45, 7) is 39.6. The quantitative estimate of drug-likeness (QED) is 0.0214. The number of hydrogen-bond donors (Lipinski definition) is 7. The maximum atomic E-state index is 14.2. The lowest BCUT2D eigenvalue weighted by molar-refractivity contribution is 0.0972. The number of rotatable bonds is 29. The number of nitrogens with one attached hydrogen (secondary N) is 5. The first-order chi connectivity index (χ1) is 67.8. The van der Waals surface area contributed by atoms with Crippen LogP contribution in [0.25, 0.3) is 28.6 Å². The van der Waals surface area contributed by atoms with Crippen molar-refractivity contribution in [1.82, 2.24) is 63.7 Å². The average Bonchev–Trinajstić information content (AvgIpc) is 1.53. The number of amides is 4. The van der Waals surface area contributed by atoms with Gasteiger partial charge in [-0.3, -0.25) is 24.0 Å². The number of benzene rings is 2. The number of carbonyl (C=O) groups excluding carboxylic acids is 4. The summed E-state index contributed by atoms with van der Waals surface area (Å²) in [4.78, 5) is 112. The summed E-state index contributed by atoms with van der Waals surface area (Å²) in [6.07, 6.45) is 16.7. The molecule has 0 aliphatic carbocycles. The molecule has 13 heterocycles. The number of aryl methyl sites for hydroxylation is 1. The molecule has 0 spiro atoms. The summed E-state index contributed by atoms with van der Waals surface area (Å²) in [6, 6.07) is 40.2. The molecular weight excluding hydrogens is 1920 g/mol. The van der Waals surface area contributed by atoms with Gasteiger partial charge >= 0.3 is 0 Å². The molecule has 766 valence electrons. The number of H-pyrrole nitrogens is 1. The molecule has 5 atom stereocenters. The van der Waals surface area contributed by atoms with Crippen LogP contribution in [0.15, 0.2) is 213 Å². The van der Waals surface area contributed by atoms with Gasteiger partial charge in [0.15, 0.2) is 31.5 Å². The molecule has 41 heteroatoms. The molecule has 0 radical (unpaired) electrons. The van der Waals surface area contributed by atoms with Crippen molar-refractivity contribution in [3.05, 3.63) is 250 Å². The molecule has 0 bridgehead atoms. The number of pyridine rings is 9. The molecule has 3 unspecified atom stereocenters. The van der Waals surface area contributed by atoms with Crippen molar-refractivity contribution < 1.29 is 71.1 Å². The number of anilines is 7. The fourth-order valence-electron chi connectivity index (χ4n) is 18.8. The Balaban J connectivity index is 0.000000171. The van der Waals surface area contributed by atoms with Crippen molar-refractivity contribution in [2.75, 3.05) is 82.3 Å². The number of aromatic amines is 1. The monoisotopic (exact) mass is 2050 g/mol. The van der Waals surface area contributed by atoms with Gasteiger partial charge in [-0.25, -0.2) is 66.6 Å². The topological polar surface area (TPSA) is 476 Å². The largest absolute Gasteiger partial charge is 0.494 e. The van der Waals surface area contributed by atoms with Crippen LogP contribution in [0.2, 0.25) is 0 Å². The number of sulfonamides is 4. The van der Waals surface area contributed by atoms with Crippen molar-refractivity contribution >= 4 is 111 Å². The van der Waals surface area contributed by atoms with Gasteiger partial charge in [-0.05, 0) is 259 Å². The van der Waals surface area contributed by atoms with Crippen LogP contribution in [0, 0.1) is 42.2 Å². The first-order valence-electron chi connectivity index (χ1n) is 47.4. The number of ether oxygens (including phenoxy) is 2. The Morgan fingerprint density at radius 2 is 0.972 bits per heavy atom. The molecule has 144 heavy (non-hydrogen) atoms. The standard InChI is InChI=1S/C28H37N7O3S.C26H30N4O4S.C25H26F2N4O5S.C24H33N5O3S/c1-7-34(8-2)25-19(4)14-20(16-30-25)22-13-12-21(26(31-22)35-17-18(3)15-28(35,5)6)27(36)33-39(37,38)24-11-9-10-23(29)32-24;1-18-16-26(3,4)30(17-18)24-21(12-9-15-27-24)25(31)29-35(32,33)23-14-8-13-22(28-23)34-19(2)20-10-6-5-7-11-20;1-14-12-25(2,3)31(13-14)22-16(23(32)30-37(34,35)20-6-5-9-28-24(20)33)7-8-18(29-22)15-10-17(26)21(27)19(11-15)36-4;1-5-6-7-8-10-18-13-19(22(26-15-18)29-16-17(2)14-24(29,3)4)23(30)28-33(31,32)21-12-9-11-20(25)27-21/h9-14,16,18H,7-8,15,17H2,1-6H3,(H2,29,32)(H,33,36);5-15,18-19H,16-17H2,1-4H3,(H,29,31);5-11,14H,12-13H2,1-4H3,(H,28,33)(H,30,32);8-13,15,17H,5-7,14,16H2,1-4H3,(H2,25,27)(H,28,30)/b;;;10-8+/t18-;;14-;/m0.0./s1. The number of aromatic nitrogens is 9. The summed E-state index contributed by atoms with van der Waals surface area (Å²) >= 11 is 0. The van der Waals surface area contributed by atoms with Gasteiger partial charge in [-0.15, -0.1) is 0 Å². The number of carbonyl (C=O) groups is 4. The van der Waals surface area contributed by atoms with Gasteiger partial charge in [-0.1, -0.05) is 108 Å². The number of allylic oxidation sites excluding steroid dienone is 1. The molecule has 2 aromatic carbocycles. The maximum Gasteiger partial charge on any atom is 0.281 e. The molecule has 11 aromatic rings. The Hall–Kier alpha value is -13.9. The van der Waals surface area contributed by atoms with Crippen molar-refractivity contribution in [2.45, 2.75) is 211 Å². The van der Waals surface area contributed by atoms with Crippen LogP contribution in [0.4, 0.5) is 49.5 Å². The Kier molecular flexibility index (Phi) is 34.0. The minimum atomic E-state index is -4.50. The number of nitrogens with zero attached hydrogens (tertiary/aromatic N) is 13. The summed E-state index contributed by atoms with van der Waals surface area (Å²) in [7, 11) is -16.0. The molecule has 4 fully saturated rings. The predicted molar refractivity (Wildman–Crippen MR) is 552 cm³/mol. The SMILES string of the molecule is CC1CN(c2ncccc2C(=O)NS(=O)(=O)c2cccc(OC(C)c3ccccc3)n2)C(C)(C)C1.CCCC/C=C/c1cnc(N2CC(C)CC2(C)C)c(C(=O)NS(=O)(=O)c2cccc(N)n2)c1.CCN(CC)c1ncc(-c2ccc(C(=O)NS(=O)(=O)c3cccc(N)n3)c(N3C[C@@H](C)CC3(C)C)n2)cc1C.COc1cc(-c2ccc(C(=O)NS(=O)(=O)c3ccc[nH]c3=O)c(N3C[C@@H](C)CC3(C)C)n2)cc(F)c1F. The van der Waals surface area contributed by atoms with Crippen molar-refractivity contribution in [2.24, 2.45) is 23.7 Å². The van der Waals surface area contributed by atoms with Crippen LogP contribution >= 0.6 is 0 Å². The fourth-order valence-corrected chi connectivity index (χ4v) is 22.6. The molecule has 9 N–H and O–H groups in total. The molecule has 4 aliphatic rings. The molecule has 35 nitrogen and oxygen atoms in total. The molecule has 9 aromatic heterocycles. The van der Waals surface area contributed by atoms with Gasteiger partial charge < -0.3 is 50.4 Å². The normalized spacial score (nSPS) is 17.5. The Morgan fingerprint density at radius 1 is 0.514 bits per heavy atom. The third kappa shape index (κ3) is 26.0. The van der Waals surface area contributed by atoms with E-state index in [4.69, 9.17) is 30.9 Å². The second-order valence-corrected chi connectivity index (χ2v) is 45.6. The van der Waals surface area contributed by atoms with Crippen LogP contribution in [-0.2, 0) is 40.1 Å². The lowest BCUT2D eigenvalue weighted by atomic mass is 9.97. The molecule has 4 aliphatic heterocycles. The van der Waals surface area contributed by atoms with Gasteiger partial charge in [0.05, 0.1) is 40.8 Å². The smallest absolute Gasteiger partial charge is 0.281 e. The van der Waals surface area contributed by atoms with Crippen molar-refractivity contribution in [3.8, 4) is 34.1 Å². The first-order valence-corrected chi connectivity index (χ1v) is 53.3. The van der Waals surface area contributed by atoms with E-state index in [-0.39, 0.29) is 106 Å². The van der Waals surface area contributed by atoms with Gasteiger partial charge in [0, 0.05) is 103 Å². The van der Waals surface area contributed by atoms with E-state index in [1.807, 2.05) is 92.8 Å². The van der Waals surface area contributed by atoms with Crippen LogP contribution in [0.1, 0.15) is 220 Å². The first kappa shape index (κ1) is 109. The van der Waals surface area contributed by atoms with Crippen molar-refractivity contribution in [1.29, 1.82) is 0 Å². The number of hydrogen-bond acceptors (Lipinski definition) is 30. The number of nitrogens with two attached hydrogens (primary N) is 2. The summed E-state index contributed by atoms with van der Waals surface area (Å²) in [5.74, 6) is -1.68. The highest BCUT2D eigenvalue weighted by molar-refractivity contribution is 7.91. The van der Waals surface area contributed by atoms with E-state index in [1.165, 1.54) is 86.1 Å². The molecular formula is C103H126F2N20O15S4. The molecule has 4 amide bonds. The van der Waals surface area contributed by atoms with Crippen LogP contribution < -0.4 is 69.9 Å². The van der Waals surface area contributed by atoms with E-state index >= 15 is 0 Å². The third-order valence-corrected chi connectivity index (χ3v) is 30.3. The zero-order chi connectivity index (χ0) is 105. The number of halogens is 2. The van der Waals surface area contributed by atoms with Gasteiger partial charge in [0.1, 0.15) is 46.8 Å². The molecule has 0 saturated carbocycles. The van der Waals surface area contributed by atoms with E-state index in [0.29, 0.717) is 54.0 Å². The van der Waals surface area contributed by atoms with Crippen LogP contribution in [0.3, 0.4) is 0 Å². The number of unbranched alkanes of at least 4 members (excludes halogenated alkanes) is 2. The van der Waals surface area contributed by atoms with E-state index < -0.39 is 91.4 Å². The minimum Gasteiger partial charge on any atom is -0.494 e. The van der Waals surface area contributed by atoms with E-state index in [2.05, 4.69) is 152 Å². The van der Waals surface area contributed by atoms with Gasteiger partial charge in [0.25, 0.3) is 69.3 Å². The highest BCUT2D eigenvalue weighted by Crippen LogP contribution is 2.44. The molecule has 15 rings (SSSR count). The highest BCUT2D eigenvalue weighted by atomic mass is 32.2. The summed E-state index contributed by atoms with van der Waals surface area (Å²) < 4.78 is 151. The zero-order valence-corrected chi connectivity index (χ0v) is 87.3. The lowest BCUT2D eigenvalue weighted by Gasteiger charge is -2.34. The minimum absolute atomic E-state index is 0.0424. The van der Waals surface area contributed by atoms with Crippen LogP contribution in [0.5, 0.6) is 11.6 Å². The Morgan fingerprint density at radius 3 is 1.43 bits per heavy atom. The lowest BCUT2D eigenvalue weighted by Crippen LogP contribution is -2.41. The van der Waals surface area contributed by atoms with E-state index in [1.54, 1.807) is 55.0 Å². The predicted octanol–water partition coefficient (Wildman–Crippen LogP) is 15.9.